The summed E-state index contributed by atoms with van der Waals surface area (Å²) in [6, 6.07) is 23.2. The first-order chi connectivity index (χ1) is 18.8. The molecule has 1 heterocycles. The monoisotopic (exact) mass is 559 g/mol. The number of allylic oxidation sites excluding steroid dienone is 1. The first-order valence-electron chi connectivity index (χ1n) is 13.1. The number of halogens is 2. The van der Waals surface area contributed by atoms with Crippen molar-refractivity contribution in [1.29, 1.82) is 0 Å². The van der Waals surface area contributed by atoms with Gasteiger partial charge in [-0.25, -0.2) is 4.68 Å². The molecule has 4 aromatic rings. The number of fused-ring (bicyclic) bond motifs is 1. The summed E-state index contributed by atoms with van der Waals surface area (Å²) < 4.78 is 7.15. The minimum Gasteiger partial charge on any atom is -0.497 e. The molecule has 3 aromatic carbocycles. The van der Waals surface area contributed by atoms with Crippen LogP contribution in [0.5, 0.6) is 5.75 Å². The van der Waals surface area contributed by atoms with Crippen molar-refractivity contribution in [3.63, 3.8) is 0 Å². The molecule has 0 saturated carbocycles. The fourth-order valence-corrected chi connectivity index (χ4v) is 5.56. The van der Waals surface area contributed by atoms with Gasteiger partial charge in [0.15, 0.2) is 5.69 Å². The predicted octanol–water partition coefficient (Wildman–Crippen LogP) is 8.12. The van der Waals surface area contributed by atoms with Crippen LogP contribution in [-0.4, -0.2) is 22.8 Å². The Morgan fingerprint density at radius 3 is 2.41 bits per heavy atom. The molecular formula is C32H31Cl2N3O2. The van der Waals surface area contributed by atoms with Crippen molar-refractivity contribution in [1.82, 2.24) is 15.1 Å². The number of benzene rings is 3. The number of amides is 1. The molecule has 1 aliphatic rings. The van der Waals surface area contributed by atoms with Crippen LogP contribution in [0.3, 0.4) is 0 Å². The number of carbonyl (C=O) groups is 1. The highest BCUT2D eigenvalue weighted by molar-refractivity contribution is 6.35. The van der Waals surface area contributed by atoms with E-state index in [1.54, 1.807) is 19.2 Å². The lowest BCUT2D eigenvalue weighted by molar-refractivity contribution is 0.0905. The van der Waals surface area contributed by atoms with E-state index in [0.717, 1.165) is 59.4 Å². The van der Waals surface area contributed by atoms with Crippen LogP contribution in [0.15, 0.2) is 72.8 Å². The lowest BCUT2D eigenvalue weighted by Crippen LogP contribution is -2.41. The molecule has 0 bridgehead atoms. The predicted molar refractivity (Wildman–Crippen MR) is 159 cm³/mol. The Morgan fingerprint density at radius 2 is 1.72 bits per heavy atom. The number of aromatic nitrogens is 2. The highest BCUT2D eigenvalue weighted by Crippen LogP contribution is 2.37. The van der Waals surface area contributed by atoms with Crippen LogP contribution in [-0.2, 0) is 12.0 Å². The molecule has 200 valence electrons. The number of methoxy groups -OCH3 is 1. The minimum absolute atomic E-state index is 0.213. The fraction of sp³-hybridized carbons (Fsp3) is 0.250. The van der Waals surface area contributed by atoms with Crippen LogP contribution in [0.4, 0.5) is 0 Å². The molecule has 7 heteroatoms. The third kappa shape index (κ3) is 5.75. The molecule has 0 aliphatic heterocycles. The molecule has 0 atom stereocenters. The minimum atomic E-state index is -0.584. The van der Waals surface area contributed by atoms with Crippen molar-refractivity contribution in [3.8, 4) is 11.4 Å². The molecule has 0 radical (unpaired) electrons. The molecule has 1 amide bonds. The summed E-state index contributed by atoms with van der Waals surface area (Å²) in [4.78, 5) is 13.9. The van der Waals surface area contributed by atoms with Crippen LogP contribution in [0.25, 0.3) is 17.3 Å². The van der Waals surface area contributed by atoms with Gasteiger partial charge < -0.3 is 10.1 Å². The lowest BCUT2D eigenvalue weighted by atomic mass is 9.94. The summed E-state index contributed by atoms with van der Waals surface area (Å²) >= 11 is 12.9. The van der Waals surface area contributed by atoms with Gasteiger partial charge in [-0.1, -0.05) is 65.7 Å². The summed E-state index contributed by atoms with van der Waals surface area (Å²) in [5.74, 6) is 0.589. The molecule has 0 fully saturated rings. The Hall–Kier alpha value is -3.54. The molecule has 5 nitrogen and oxygen atoms in total. The lowest BCUT2D eigenvalue weighted by Gasteiger charge is -2.26. The van der Waals surface area contributed by atoms with E-state index in [-0.39, 0.29) is 5.91 Å². The maximum atomic E-state index is 13.9. The Kier molecular flexibility index (Phi) is 7.83. The zero-order chi connectivity index (χ0) is 27.6. The van der Waals surface area contributed by atoms with Gasteiger partial charge >= 0.3 is 0 Å². The summed E-state index contributed by atoms with van der Waals surface area (Å²) in [6.45, 7) is 4.00. The van der Waals surface area contributed by atoms with Crippen LogP contribution in [0.1, 0.15) is 66.0 Å². The van der Waals surface area contributed by atoms with E-state index in [4.69, 9.17) is 33.0 Å². The van der Waals surface area contributed by atoms with Crippen LogP contribution < -0.4 is 10.1 Å². The van der Waals surface area contributed by atoms with Crippen molar-refractivity contribution in [2.45, 2.75) is 45.1 Å². The largest absolute Gasteiger partial charge is 0.497 e. The maximum Gasteiger partial charge on any atom is 0.272 e. The normalized spacial score (nSPS) is 14.5. The number of hydrogen-bond acceptors (Lipinski definition) is 3. The number of carbonyl (C=O) groups excluding carboxylic acids is 1. The zero-order valence-electron chi connectivity index (χ0n) is 22.3. The van der Waals surface area contributed by atoms with E-state index in [2.05, 4.69) is 11.4 Å². The van der Waals surface area contributed by atoms with Crippen molar-refractivity contribution in [3.05, 3.63) is 111 Å². The molecule has 39 heavy (non-hydrogen) atoms. The second-order valence-electron chi connectivity index (χ2n) is 10.3. The van der Waals surface area contributed by atoms with Crippen molar-refractivity contribution in [2.75, 3.05) is 7.11 Å². The smallest absolute Gasteiger partial charge is 0.272 e. The highest BCUT2D eigenvalue weighted by Gasteiger charge is 2.31. The Balaban J connectivity index is 1.65. The van der Waals surface area contributed by atoms with Gasteiger partial charge in [-0.3, -0.25) is 4.79 Å². The zero-order valence-corrected chi connectivity index (χ0v) is 23.8. The molecule has 1 aliphatic carbocycles. The van der Waals surface area contributed by atoms with Crippen LogP contribution in [0.2, 0.25) is 10.0 Å². The van der Waals surface area contributed by atoms with Gasteiger partial charge in [-0.15, -0.1) is 0 Å². The molecule has 1 N–H and O–H groups in total. The molecule has 0 unspecified atom stereocenters. The third-order valence-electron chi connectivity index (χ3n) is 7.14. The van der Waals surface area contributed by atoms with Gasteiger partial charge in [0.2, 0.25) is 0 Å². The first kappa shape index (κ1) is 27.0. The summed E-state index contributed by atoms with van der Waals surface area (Å²) in [7, 11) is 1.66. The van der Waals surface area contributed by atoms with Crippen molar-refractivity contribution in [2.24, 2.45) is 0 Å². The maximum absolute atomic E-state index is 13.9. The first-order valence-corrected chi connectivity index (χ1v) is 13.8. The van der Waals surface area contributed by atoms with Gasteiger partial charge in [-0.05, 0) is 92.6 Å². The van der Waals surface area contributed by atoms with E-state index in [1.807, 2.05) is 79.2 Å². The Labute approximate surface area is 239 Å². The van der Waals surface area contributed by atoms with E-state index >= 15 is 0 Å². The number of ether oxygens (including phenoxy) is 1. The second-order valence-corrected chi connectivity index (χ2v) is 11.1. The van der Waals surface area contributed by atoms with Gasteiger partial charge in [0, 0.05) is 10.6 Å². The number of hydrogen-bond donors (Lipinski definition) is 1. The van der Waals surface area contributed by atoms with Gasteiger partial charge in [-0.2, -0.15) is 5.10 Å². The van der Waals surface area contributed by atoms with Crippen LogP contribution in [0, 0.1) is 0 Å². The van der Waals surface area contributed by atoms with Gasteiger partial charge in [0.1, 0.15) is 5.75 Å². The molecular weight excluding hydrogens is 529 g/mol. The molecule has 0 saturated heterocycles. The summed E-state index contributed by atoms with van der Waals surface area (Å²) in [5, 5.41) is 9.14. The fourth-order valence-electron chi connectivity index (χ4n) is 5.07. The number of nitrogens with zero attached hydrogens (tertiary/aromatic N) is 2. The standard InChI is InChI=1S/C32H31Cl2N3O2/c1-32(2,23-10-5-4-6-11-23)35-31(38)29-26-12-8-7-9-22(19-21-13-16-25(39-3)17-14-21)30(26)37(36-29)28-18-15-24(33)20-27(28)34/h4-6,10-11,13-20H,7-9,12H2,1-3H3,(H,35,38). The van der Waals surface area contributed by atoms with Gasteiger partial charge in [0.25, 0.3) is 5.91 Å². The van der Waals surface area contributed by atoms with Gasteiger partial charge in [0.05, 0.1) is 29.1 Å². The second kappa shape index (κ2) is 11.3. The van der Waals surface area contributed by atoms with E-state index in [9.17, 15) is 4.79 Å². The van der Waals surface area contributed by atoms with E-state index in [1.165, 1.54) is 0 Å². The quantitative estimate of drug-likeness (QED) is 0.242. The Morgan fingerprint density at radius 1 is 1.00 bits per heavy atom. The average molecular weight is 561 g/mol. The number of rotatable bonds is 6. The van der Waals surface area contributed by atoms with Crippen molar-refractivity contribution < 1.29 is 9.53 Å². The van der Waals surface area contributed by atoms with Crippen LogP contribution >= 0.6 is 23.2 Å². The topological polar surface area (TPSA) is 56.1 Å². The SMILES string of the molecule is COc1ccc(C=C2CCCCc3c(C(=O)NC(C)(C)c4ccccc4)nn(-c4ccc(Cl)cc4Cl)c32)cc1. The third-order valence-corrected chi connectivity index (χ3v) is 7.68. The molecule has 1 aromatic heterocycles. The molecule has 0 spiro atoms. The summed E-state index contributed by atoms with van der Waals surface area (Å²) in [6.07, 6.45) is 5.72. The average Bonchev–Trinajstić information content (AvgIpc) is 3.18. The van der Waals surface area contributed by atoms with Crippen molar-refractivity contribution >= 4 is 40.8 Å². The molecule has 5 rings (SSSR count). The summed E-state index contributed by atoms with van der Waals surface area (Å²) in [5.41, 5.74) is 5.53. The van der Waals surface area contributed by atoms with E-state index in [0.29, 0.717) is 21.4 Å². The van der Waals surface area contributed by atoms with E-state index < -0.39 is 5.54 Å². The Bertz CT molecular complexity index is 1520. The highest BCUT2D eigenvalue weighted by atomic mass is 35.5. The number of nitrogens with one attached hydrogen (secondary N) is 1.